The van der Waals surface area contributed by atoms with Gasteiger partial charge in [0, 0.05) is 15.8 Å². The molecule has 0 aliphatic heterocycles. The molecule has 4 heteroatoms. The van der Waals surface area contributed by atoms with Gasteiger partial charge >= 0.3 is 0 Å². The van der Waals surface area contributed by atoms with E-state index in [0.29, 0.717) is 0 Å². The Hall–Kier alpha value is 0.230. The third-order valence-electron chi connectivity index (χ3n) is 0.480. The summed E-state index contributed by atoms with van der Waals surface area (Å²) in [6, 6.07) is 1.69. The molecule has 0 spiro atoms. The van der Waals surface area contributed by atoms with E-state index in [1.165, 1.54) is 10.3 Å². The fourth-order valence-electron chi connectivity index (χ4n) is 0.248. The Morgan fingerprint density at radius 3 is 2.71 bits per heavy atom. The topological polar surface area (TPSA) is 23.1 Å². The lowest BCUT2D eigenvalue weighted by Crippen LogP contribution is -1.34. The van der Waals surface area contributed by atoms with Crippen LogP contribution in [0.3, 0.4) is 0 Å². The van der Waals surface area contributed by atoms with Crippen LogP contribution in [-0.2, 0) is 0 Å². The monoisotopic (exact) mass is 150 g/mol. The van der Waals surface area contributed by atoms with Crippen LogP contribution >= 0.6 is 32.3 Å². The Morgan fingerprint density at radius 1 is 1.86 bits per heavy atom. The van der Waals surface area contributed by atoms with Crippen molar-refractivity contribution in [3.05, 3.63) is 15.3 Å². The van der Waals surface area contributed by atoms with Crippen molar-refractivity contribution in [2.24, 2.45) is 0 Å². The molecule has 0 fully saturated rings. The smallest absolute Gasteiger partial charge is 0.152 e. The average Bonchev–Trinajstić information content (AvgIpc) is 1.87. The van der Waals surface area contributed by atoms with Crippen LogP contribution < -0.4 is 0 Å². The Labute approximate surface area is 52.4 Å². The lowest BCUT2D eigenvalue weighted by Gasteiger charge is -1.71. The quantitative estimate of drug-likeness (QED) is 0.321. The summed E-state index contributed by atoms with van der Waals surface area (Å²) in [6.45, 7) is 0. The molecule has 0 saturated carbocycles. The molecule has 1 rings (SSSR count). The van der Waals surface area contributed by atoms with Gasteiger partial charge in [0.05, 0.1) is 0 Å². The molecule has 0 aliphatic carbocycles. The van der Waals surface area contributed by atoms with Crippen LogP contribution in [0.1, 0.15) is 0 Å². The second-order valence-electron chi connectivity index (χ2n) is 0.966. The van der Waals surface area contributed by atoms with E-state index in [9.17, 15) is 4.55 Å². The molecule has 38 valence electrons. The third kappa shape index (κ3) is 1.31. The highest BCUT2D eigenvalue weighted by Gasteiger charge is 1.87. The van der Waals surface area contributed by atoms with Crippen LogP contribution in [0.15, 0.2) is 11.4 Å². The third-order valence-corrected chi connectivity index (χ3v) is 3.37. The highest BCUT2D eigenvalue weighted by atomic mass is 32.9. The second-order valence-corrected chi connectivity index (χ2v) is 4.55. The molecule has 0 aliphatic rings. The SMILES string of the molecule is [O-][s+]1ccc(=S)s1. The maximum atomic E-state index is 10.4. The molecule has 0 saturated heterocycles. The molecule has 7 heavy (non-hydrogen) atoms. The highest BCUT2D eigenvalue weighted by molar-refractivity contribution is 7.82. The Kier molecular flexibility index (Phi) is 1.53. The summed E-state index contributed by atoms with van der Waals surface area (Å²) in [4.78, 5) is 0. The van der Waals surface area contributed by atoms with Crippen molar-refractivity contribution in [2.45, 2.75) is 0 Å². The summed E-state index contributed by atoms with van der Waals surface area (Å²) in [6.07, 6.45) is 0. The van der Waals surface area contributed by atoms with E-state index in [2.05, 4.69) is 12.2 Å². The van der Waals surface area contributed by atoms with Gasteiger partial charge in [0.15, 0.2) is 5.38 Å². The first-order chi connectivity index (χ1) is 3.29. The van der Waals surface area contributed by atoms with Crippen LogP contribution in [0, 0.1) is 3.82 Å². The van der Waals surface area contributed by atoms with Gasteiger partial charge in [0.2, 0.25) is 0 Å². The fraction of sp³-hybridized carbons (Fsp3) is 0. The van der Waals surface area contributed by atoms with Crippen LogP contribution in [0.4, 0.5) is 0 Å². The summed E-state index contributed by atoms with van der Waals surface area (Å²) in [5, 5.41) is 1.59. The minimum atomic E-state index is -0.858. The van der Waals surface area contributed by atoms with E-state index in [0.717, 1.165) is 3.82 Å². The molecule has 1 aromatic heterocycles. The summed E-state index contributed by atoms with van der Waals surface area (Å²) < 4.78 is 11.1. The van der Waals surface area contributed by atoms with Crippen LogP contribution in [0.25, 0.3) is 0 Å². The maximum absolute atomic E-state index is 10.4. The van der Waals surface area contributed by atoms with E-state index >= 15 is 0 Å². The standard InChI is InChI=1S/C3H2OS3/c4-7-2-1-3(5)6-7/h1-2H. The van der Waals surface area contributed by atoms with Gasteiger partial charge in [0.25, 0.3) is 0 Å². The molecule has 0 radical (unpaired) electrons. The maximum Gasteiger partial charge on any atom is 0.152 e. The predicted octanol–water partition coefficient (Wildman–Crippen LogP) is 2.21. The van der Waals surface area contributed by atoms with Crippen molar-refractivity contribution in [3.8, 4) is 0 Å². The normalized spacial score (nSPS) is 11.9. The molecule has 0 aromatic carbocycles. The van der Waals surface area contributed by atoms with Gasteiger partial charge in [-0.05, 0) is 0 Å². The first-order valence-corrected chi connectivity index (χ1v) is 4.55. The zero-order valence-corrected chi connectivity index (χ0v) is 5.74. The van der Waals surface area contributed by atoms with Crippen molar-refractivity contribution < 1.29 is 4.55 Å². The summed E-state index contributed by atoms with van der Waals surface area (Å²) >= 11 is 4.68. The average molecular weight is 150 g/mol. The Bertz CT molecular complexity index is 198. The lowest BCUT2D eigenvalue weighted by molar-refractivity contribution is 0.602. The summed E-state index contributed by atoms with van der Waals surface area (Å²) in [5.74, 6) is 0. The van der Waals surface area contributed by atoms with Gasteiger partial charge in [0.1, 0.15) is 14.2 Å². The van der Waals surface area contributed by atoms with Crippen LogP contribution in [0.2, 0.25) is 0 Å². The summed E-state index contributed by atoms with van der Waals surface area (Å²) in [5.41, 5.74) is 0. The van der Waals surface area contributed by atoms with E-state index in [-0.39, 0.29) is 0 Å². The predicted molar refractivity (Wildman–Crippen MR) is 33.8 cm³/mol. The minimum absolute atomic E-state index is 0.721. The van der Waals surface area contributed by atoms with Crippen molar-refractivity contribution >= 4 is 32.3 Å². The van der Waals surface area contributed by atoms with E-state index in [4.69, 9.17) is 0 Å². The van der Waals surface area contributed by atoms with Crippen LogP contribution in [0.5, 0.6) is 0 Å². The largest absolute Gasteiger partial charge is 0.579 e. The summed E-state index contributed by atoms with van der Waals surface area (Å²) in [7, 11) is 0.355. The Morgan fingerprint density at radius 2 is 2.57 bits per heavy atom. The van der Waals surface area contributed by atoms with E-state index < -0.39 is 9.75 Å². The zero-order chi connectivity index (χ0) is 5.28. The molecule has 0 bridgehead atoms. The van der Waals surface area contributed by atoms with Crippen molar-refractivity contribution in [1.82, 2.24) is 0 Å². The number of hydrogen-bond acceptors (Lipinski definition) is 3. The molecule has 1 atom stereocenters. The molecule has 0 amide bonds. The second kappa shape index (κ2) is 2.00. The van der Waals surface area contributed by atoms with Gasteiger partial charge in [-0.3, -0.25) is 0 Å². The molecule has 1 aromatic rings. The minimum Gasteiger partial charge on any atom is -0.579 e. The first kappa shape index (κ1) is 5.37. The molecule has 1 unspecified atom stereocenters. The molecular weight excluding hydrogens is 148 g/mol. The van der Waals surface area contributed by atoms with Gasteiger partial charge < -0.3 is 4.55 Å². The molecule has 1 heterocycles. The van der Waals surface area contributed by atoms with Crippen molar-refractivity contribution in [1.29, 1.82) is 0 Å². The Balaban J connectivity index is 3.30. The van der Waals surface area contributed by atoms with E-state index in [1.54, 1.807) is 11.4 Å². The molecular formula is C3H2OS3. The van der Waals surface area contributed by atoms with Gasteiger partial charge in [-0.2, -0.15) is 0 Å². The highest BCUT2D eigenvalue weighted by Crippen LogP contribution is 2.19. The van der Waals surface area contributed by atoms with Gasteiger partial charge in [-0.1, -0.05) is 12.2 Å². The fourth-order valence-corrected chi connectivity index (χ4v) is 2.67. The van der Waals surface area contributed by atoms with Gasteiger partial charge in [-0.15, -0.1) is 0 Å². The van der Waals surface area contributed by atoms with Gasteiger partial charge in [-0.25, -0.2) is 0 Å². The van der Waals surface area contributed by atoms with E-state index in [1.807, 2.05) is 0 Å². The molecule has 1 nitrogen and oxygen atoms in total. The van der Waals surface area contributed by atoms with Crippen LogP contribution in [-0.4, -0.2) is 4.55 Å². The van der Waals surface area contributed by atoms with Crippen molar-refractivity contribution in [3.63, 3.8) is 0 Å². The lowest BCUT2D eigenvalue weighted by atomic mass is 10.8. The molecule has 0 N–H and O–H groups in total. The number of hydrogen-bond donors (Lipinski definition) is 0. The van der Waals surface area contributed by atoms with Crippen molar-refractivity contribution in [2.75, 3.05) is 0 Å². The first-order valence-electron chi connectivity index (χ1n) is 1.60. The zero-order valence-electron chi connectivity index (χ0n) is 3.29. The number of rotatable bonds is 0.